The third kappa shape index (κ3) is 3.94. The van der Waals surface area contributed by atoms with E-state index in [-0.39, 0.29) is 24.6 Å². The van der Waals surface area contributed by atoms with E-state index in [2.05, 4.69) is 5.32 Å². The molecule has 0 bridgehead atoms. The zero-order chi connectivity index (χ0) is 16.1. The molecule has 6 nitrogen and oxygen atoms in total. The van der Waals surface area contributed by atoms with Crippen molar-refractivity contribution in [3.05, 3.63) is 46.3 Å². The van der Waals surface area contributed by atoms with Crippen LogP contribution in [-0.2, 0) is 9.53 Å². The van der Waals surface area contributed by atoms with Crippen molar-refractivity contribution in [1.29, 1.82) is 0 Å². The molecule has 1 heterocycles. The number of nitrogens with one attached hydrogen (secondary N) is 1. The Morgan fingerprint density at radius 2 is 2.00 bits per heavy atom. The van der Waals surface area contributed by atoms with Crippen molar-refractivity contribution < 1.29 is 18.7 Å². The number of carbonyl (C=O) groups excluding carboxylic acids is 2. The van der Waals surface area contributed by atoms with Crippen molar-refractivity contribution in [2.24, 2.45) is 0 Å². The molecule has 2 rings (SSSR count). The maximum absolute atomic E-state index is 12.0. The van der Waals surface area contributed by atoms with E-state index in [0.717, 1.165) is 0 Å². The zero-order valence-electron chi connectivity index (χ0n) is 12.4. The van der Waals surface area contributed by atoms with E-state index in [1.54, 1.807) is 38.1 Å². The average Bonchev–Trinajstić information content (AvgIpc) is 2.45. The van der Waals surface area contributed by atoms with E-state index in [1.165, 1.54) is 6.07 Å². The molecule has 0 spiro atoms. The SMILES string of the molecule is CC(C)OC(=O)CCNC(=O)c1cc2ccccc2oc1=O. The number of fused-ring (bicyclic) bond motifs is 1. The highest BCUT2D eigenvalue weighted by molar-refractivity contribution is 5.96. The van der Waals surface area contributed by atoms with Crippen molar-refractivity contribution in [1.82, 2.24) is 5.32 Å². The van der Waals surface area contributed by atoms with Gasteiger partial charge in [0.1, 0.15) is 11.1 Å². The molecule has 6 heteroatoms. The molecule has 1 aromatic heterocycles. The summed E-state index contributed by atoms with van der Waals surface area (Å²) in [6.45, 7) is 3.59. The summed E-state index contributed by atoms with van der Waals surface area (Å²) in [7, 11) is 0. The van der Waals surface area contributed by atoms with Gasteiger partial charge in [0.25, 0.3) is 5.91 Å². The maximum atomic E-state index is 12.0. The van der Waals surface area contributed by atoms with Gasteiger partial charge in [-0.3, -0.25) is 9.59 Å². The van der Waals surface area contributed by atoms with Gasteiger partial charge in [-0.15, -0.1) is 0 Å². The van der Waals surface area contributed by atoms with Crippen LogP contribution in [-0.4, -0.2) is 24.5 Å². The number of hydrogen-bond acceptors (Lipinski definition) is 5. The molecule has 1 amide bonds. The van der Waals surface area contributed by atoms with E-state index in [1.807, 2.05) is 0 Å². The summed E-state index contributed by atoms with van der Waals surface area (Å²) in [5.41, 5.74) is -0.374. The second-order valence-corrected chi connectivity index (χ2v) is 5.03. The number of hydrogen-bond donors (Lipinski definition) is 1. The molecule has 0 saturated heterocycles. The number of carbonyl (C=O) groups is 2. The Hall–Kier alpha value is -2.63. The number of amides is 1. The van der Waals surface area contributed by atoms with Crippen LogP contribution in [0, 0.1) is 0 Å². The Bertz CT molecular complexity index is 748. The number of benzene rings is 1. The topological polar surface area (TPSA) is 85.6 Å². The lowest BCUT2D eigenvalue weighted by Crippen LogP contribution is -2.30. The average molecular weight is 303 g/mol. The highest BCUT2D eigenvalue weighted by Gasteiger charge is 2.14. The van der Waals surface area contributed by atoms with Crippen LogP contribution in [0.3, 0.4) is 0 Å². The highest BCUT2D eigenvalue weighted by Crippen LogP contribution is 2.12. The molecule has 0 fully saturated rings. The molecule has 22 heavy (non-hydrogen) atoms. The fourth-order valence-corrected chi connectivity index (χ4v) is 1.92. The molecular weight excluding hydrogens is 286 g/mol. The Labute approximate surface area is 127 Å². The van der Waals surface area contributed by atoms with Gasteiger partial charge in [-0.05, 0) is 26.0 Å². The normalized spacial score (nSPS) is 10.7. The monoisotopic (exact) mass is 303 g/mol. The maximum Gasteiger partial charge on any atom is 0.349 e. The van der Waals surface area contributed by atoms with Gasteiger partial charge in [-0.1, -0.05) is 18.2 Å². The molecule has 0 aliphatic heterocycles. The molecule has 116 valence electrons. The van der Waals surface area contributed by atoms with Crippen molar-refractivity contribution in [3.63, 3.8) is 0 Å². The quantitative estimate of drug-likeness (QED) is 0.673. The summed E-state index contributed by atoms with van der Waals surface area (Å²) in [6.07, 6.45) is -0.154. The summed E-state index contributed by atoms with van der Waals surface area (Å²) in [6, 6.07) is 8.40. The fourth-order valence-electron chi connectivity index (χ4n) is 1.92. The largest absolute Gasteiger partial charge is 0.463 e. The number of rotatable bonds is 5. The minimum atomic E-state index is -0.707. The first-order chi connectivity index (χ1) is 10.5. The highest BCUT2D eigenvalue weighted by atomic mass is 16.5. The molecule has 0 aliphatic rings. The second-order valence-electron chi connectivity index (χ2n) is 5.03. The van der Waals surface area contributed by atoms with E-state index in [0.29, 0.717) is 11.0 Å². The van der Waals surface area contributed by atoms with E-state index < -0.39 is 17.5 Å². The van der Waals surface area contributed by atoms with Crippen LogP contribution in [0.25, 0.3) is 11.0 Å². The predicted molar refractivity (Wildman–Crippen MR) is 80.7 cm³/mol. The molecule has 1 N–H and O–H groups in total. The first kappa shape index (κ1) is 15.8. The first-order valence-corrected chi connectivity index (χ1v) is 6.98. The fraction of sp³-hybridized carbons (Fsp3) is 0.312. The molecule has 0 aliphatic carbocycles. The summed E-state index contributed by atoms with van der Waals surface area (Å²) >= 11 is 0. The van der Waals surface area contributed by atoms with Crippen LogP contribution in [0.2, 0.25) is 0 Å². The number of para-hydroxylation sites is 1. The van der Waals surface area contributed by atoms with Crippen LogP contribution >= 0.6 is 0 Å². The lowest BCUT2D eigenvalue weighted by atomic mass is 10.2. The Morgan fingerprint density at radius 3 is 2.73 bits per heavy atom. The number of esters is 1. The van der Waals surface area contributed by atoms with Gasteiger partial charge in [0, 0.05) is 11.9 Å². The Kier molecular flexibility index (Phi) is 4.93. The van der Waals surface area contributed by atoms with Gasteiger partial charge in [0.05, 0.1) is 12.5 Å². The Morgan fingerprint density at radius 1 is 1.27 bits per heavy atom. The van der Waals surface area contributed by atoms with Crippen LogP contribution in [0.1, 0.15) is 30.6 Å². The predicted octanol–water partition coefficient (Wildman–Crippen LogP) is 1.86. The third-order valence-electron chi connectivity index (χ3n) is 2.87. The summed E-state index contributed by atoms with van der Waals surface area (Å²) in [4.78, 5) is 35.1. The molecule has 2 aromatic rings. The van der Waals surface area contributed by atoms with Gasteiger partial charge in [0.15, 0.2) is 0 Å². The van der Waals surface area contributed by atoms with E-state index in [9.17, 15) is 14.4 Å². The molecular formula is C16H17NO5. The van der Waals surface area contributed by atoms with E-state index in [4.69, 9.17) is 9.15 Å². The van der Waals surface area contributed by atoms with Gasteiger partial charge < -0.3 is 14.5 Å². The van der Waals surface area contributed by atoms with Gasteiger partial charge in [-0.2, -0.15) is 0 Å². The van der Waals surface area contributed by atoms with Crippen molar-refractivity contribution >= 4 is 22.8 Å². The van der Waals surface area contributed by atoms with Gasteiger partial charge in [0.2, 0.25) is 0 Å². The van der Waals surface area contributed by atoms with Crippen LogP contribution < -0.4 is 10.9 Å². The molecule has 0 unspecified atom stereocenters. The van der Waals surface area contributed by atoms with Crippen molar-refractivity contribution in [2.45, 2.75) is 26.4 Å². The lowest BCUT2D eigenvalue weighted by molar-refractivity contribution is -0.147. The van der Waals surface area contributed by atoms with Crippen molar-refractivity contribution in [2.75, 3.05) is 6.54 Å². The number of ether oxygens (including phenoxy) is 1. The smallest absolute Gasteiger partial charge is 0.349 e. The van der Waals surface area contributed by atoms with Gasteiger partial charge in [-0.25, -0.2) is 4.79 Å². The standard InChI is InChI=1S/C16H17NO5/c1-10(2)21-14(18)7-8-17-15(19)12-9-11-5-3-4-6-13(11)22-16(12)20/h3-6,9-10H,7-8H2,1-2H3,(H,17,19). The van der Waals surface area contributed by atoms with Crippen molar-refractivity contribution in [3.8, 4) is 0 Å². The molecule has 0 atom stereocenters. The van der Waals surface area contributed by atoms with Gasteiger partial charge >= 0.3 is 11.6 Å². The summed E-state index contributed by atoms with van der Waals surface area (Å²) < 4.78 is 10.0. The van der Waals surface area contributed by atoms with Crippen LogP contribution in [0.4, 0.5) is 0 Å². The molecule has 0 radical (unpaired) electrons. The zero-order valence-corrected chi connectivity index (χ0v) is 12.4. The van der Waals surface area contributed by atoms with Crippen LogP contribution in [0.15, 0.2) is 39.5 Å². The molecule has 1 aromatic carbocycles. The van der Waals surface area contributed by atoms with E-state index >= 15 is 0 Å². The summed E-state index contributed by atoms with van der Waals surface area (Å²) in [5, 5.41) is 3.17. The molecule has 0 saturated carbocycles. The second kappa shape index (κ2) is 6.89. The van der Waals surface area contributed by atoms with Crippen LogP contribution in [0.5, 0.6) is 0 Å². The lowest BCUT2D eigenvalue weighted by Gasteiger charge is -2.08. The first-order valence-electron chi connectivity index (χ1n) is 6.98. The summed E-state index contributed by atoms with van der Waals surface area (Å²) in [5.74, 6) is -0.974. The minimum Gasteiger partial charge on any atom is -0.463 e. The third-order valence-corrected chi connectivity index (χ3v) is 2.87. The Balaban J connectivity index is 2.02. The minimum absolute atomic E-state index is 0.0445.